The zero-order chi connectivity index (χ0) is 15.1. The van der Waals surface area contributed by atoms with Crippen LogP contribution in [0.3, 0.4) is 0 Å². The lowest BCUT2D eigenvalue weighted by Crippen LogP contribution is -2.07. The zero-order valence-corrected chi connectivity index (χ0v) is 11.8. The van der Waals surface area contributed by atoms with E-state index >= 15 is 0 Å². The molecule has 3 nitrogen and oxygen atoms in total. The summed E-state index contributed by atoms with van der Waals surface area (Å²) >= 11 is 0. The molecule has 0 unspecified atom stereocenters. The normalized spacial score (nSPS) is 10.3. The fourth-order valence-corrected chi connectivity index (χ4v) is 1.92. The van der Waals surface area contributed by atoms with Crippen molar-refractivity contribution in [2.75, 3.05) is 5.32 Å². The van der Waals surface area contributed by atoms with Crippen LogP contribution in [0.2, 0.25) is 0 Å². The summed E-state index contributed by atoms with van der Waals surface area (Å²) in [5.74, 6) is -0.175. The van der Waals surface area contributed by atoms with E-state index in [0.29, 0.717) is 6.42 Å². The molecule has 0 spiro atoms. The number of nitrogens with zero attached hydrogens (tertiary/aromatic N) is 1. The molecule has 3 heteroatoms. The molecule has 0 heterocycles. The van der Waals surface area contributed by atoms with Crippen LogP contribution in [0.25, 0.3) is 6.08 Å². The number of amides is 1. The second-order valence-electron chi connectivity index (χ2n) is 4.71. The molecule has 21 heavy (non-hydrogen) atoms. The molecule has 2 aromatic rings. The van der Waals surface area contributed by atoms with Crippen LogP contribution >= 0.6 is 0 Å². The van der Waals surface area contributed by atoms with Gasteiger partial charge in [0, 0.05) is 11.8 Å². The predicted octanol–water partition coefficient (Wildman–Crippen LogP) is 3.71. The number of benzene rings is 2. The lowest BCUT2D eigenvalue weighted by Gasteiger charge is -2.03. The first-order valence-electron chi connectivity index (χ1n) is 6.69. The molecule has 0 aliphatic carbocycles. The third-order valence-corrected chi connectivity index (χ3v) is 3.11. The Morgan fingerprint density at radius 1 is 1.19 bits per heavy atom. The average molecular weight is 276 g/mol. The Labute approximate surface area is 124 Å². The molecule has 2 rings (SSSR count). The van der Waals surface area contributed by atoms with E-state index in [2.05, 4.69) is 11.4 Å². The topological polar surface area (TPSA) is 52.9 Å². The first-order chi connectivity index (χ1) is 10.2. The molecule has 0 bridgehead atoms. The summed E-state index contributed by atoms with van der Waals surface area (Å²) in [4.78, 5) is 11.9. The Kier molecular flexibility index (Phi) is 4.89. The molecule has 0 aromatic heterocycles. The molecule has 0 fully saturated rings. The Morgan fingerprint density at radius 2 is 1.90 bits per heavy atom. The second kappa shape index (κ2) is 7.06. The van der Waals surface area contributed by atoms with Gasteiger partial charge in [0.15, 0.2) is 0 Å². The Balaban J connectivity index is 1.99. The van der Waals surface area contributed by atoms with Crippen molar-refractivity contribution in [2.45, 2.75) is 13.3 Å². The number of aryl methyl sites for hydroxylation is 1. The fourth-order valence-electron chi connectivity index (χ4n) is 1.92. The Bertz CT molecular complexity index is 694. The third kappa shape index (κ3) is 4.32. The van der Waals surface area contributed by atoms with Crippen molar-refractivity contribution < 1.29 is 4.79 Å². The average Bonchev–Trinajstić information content (AvgIpc) is 2.49. The van der Waals surface area contributed by atoms with Gasteiger partial charge in [0.05, 0.1) is 12.5 Å². The minimum absolute atomic E-state index is 0.175. The van der Waals surface area contributed by atoms with Crippen LogP contribution in [0.15, 0.2) is 54.6 Å². The lowest BCUT2D eigenvalue weighted by atomic mass is 10.1. The zero-order valence-electron chi connectivity index (χ0n) is 11.8. The van der Waals surface area contributed by atoms with Gasteiger partial charge in [-0.3, -0.25) is 4.79 Å². The van der Waals surface area contributed by atoms with E-state index in [1.54, 1.807) is 18.2 Å². The molecule has 2 aromatic carbocycles. The lowest BCUT2D eigenvalue weighted by molar-refractivity contribution is -0.111. The molecule has 0 saturated carbocycles. The number of carbonyl (C=O) groups excluding carboxylic acids is 1. The summed E-state index contributed by atoms with van der Waals surface area (Å²) in [7, 11) is 0. The highest BCUT2D eigenvalue weighted by molar-refractivity contribution is 6.02. The van der Waals surface area contributed by atoms with Crippen LogP contribution < -0.4 is 5.32 Å². The van der Waals surface area contributed by atoms with E-state index in [1.165, 1.54) is 6.08 Å². The van der Waals surface area contributed by atoms with Crippen molar-refractivity contribution >= 4 is 17.7 Å². The highest BCUT2D eigenvalue weighted by Crippen LogP contribution is 2.11. The van der Waals surface area contributed by atoms with Gasteiger partial charge in [-0.25, -0.2) is 0 Å². The van der Waals surface area contributed by atoms with Gasteiger partial charge in [-0.1, -0.05) is 36.4 Å². The van der Waals surface area contributed by atoms with Crippen LogP contribution in [-0.4, -0.2) is 5.91 Å². The van der Waals surface area contributed by atoms with Crippen LogP contribution in [0, 0.1) is 18.3 Å². The van der Waals surface area contributed by atoms with Gasteiger partial charge >= 0.3 is 0 Å². The van der Waals surface area contributed by atoms with Crippen molar-refractivity contribution in [1.29, 1.82) is 5.26 Å². The molecule has 0 aliphatic heterocycles. The Morgan fingerprint density at radius 3 is 2.57 bits per heavy atom. The summed E-state index contributed by atoms with van der Waals surface area (Å²) < 4.78 is 0. The molecule has 1 N–H and O–H groups in total. The van der Waals surface area contributed by atoms with Gasteiger partial charge in [-0.05, 0) is 41.8 Å². The maximum absolute atomic E-state index is 11.9. The summed E-state index contributed by atoms with van der Waals surface area (Å²) in [6, 6.07) is 17.2. The molecule has 0 saturated heterocycles. The van der Waals surface area contributed by atoms with E-state index in [0.717, 1.165) is 22.4 Å². The minimum Gasteiger partial charge on any atom is -0.323 e. The first kappa shape index (κ1) is 14.5. The van der Waals surface area contributed by atoms with Crippen LogP contribution in [0.5, 0.6) is 0 Å². The van der Waals surface area contributed by atoms with E-state index < -0.39 is 0 Å². The summed E-state index contributed by atoms with van der Waals surface area (Å²) in [5.41, 5.74) is 3.81. The van der Waals surface area contributed by atoms with Crippen molar-refractivity contribution in [3.63, 3.8) is 0 Å². The summed E-state index contributed by atoms with van der Waals surface area (Å²) in [6.07, 6.45) is 3.70. The molecule has 1 amide bonds. The minimum atomic E-state index is -0.175. The van der Waals surface area contributed by atoms with Gasteiger partial charge in [0.25, 0.3) is 0 Å². The summed E-state index contributed by atoms with van der Waals surface area (Å²) in [5, 5.41) is 11.4. The molecule has 0 aliphatic rings. The monoisotopic (exact) mass is 276 g/mol. The van der Waals surface area contributed by atoms with Crippen LogP contribution in [0.1, 0.15) is 16.7 Å². The molecular formula is C18H16N2O. The molecule has 104 valence electrons. The van der Waals surface area contributed by atoms with Crippen molar-refractivity contribution in [1.82, 2.24) is 0 Å². The number of nitriles is 1. The Hall–Kier alpha value is -2.86. The van der Waals surface area contributed by atoms with Crippen molar-refractivity contribution in [2.24, 2.45) is 0 Å². The number of nitrogens with one attached hydrogen (secondary N) is 1. The van der Waals surface area contributed by atoms with E-state index in [9.17, 15) is 4.79 Å². The quantitative estimate of drug-likeness (QED) is 0.865. The molecule has 0 radical (unpaired) electrons. The maximum atomic E-state index is 11.9. The third-order valence-electron chi connectivity index (χ3n) is 3.11. The predicted molar refractivity (Wildman–Crippen MR) is 84.6 cm³/mol. The van der Waals surface area contributed by atoms with Gasteiger partial charge in [0.2, 0.25) is 5.91 Å². The van der Waals surface area contributed by atoms with Crippen LogP contribution in [-0.2, 0) is 11.2 Å². The molecular weight excluding hydrogens is 260 g/mol. The smallest absolute Gasteiger partial charge is 0.248 e. The standard InChI is InChI=1S/C18H16N2O/c1-14-4-2-3-5-16(14)8-11-18(21)20-17-9-6-15(7-10-17)12-13-19/h2-11H,12H2,1H3,(H,20,21)/b11-8+. The number of hydrogen-bond donors (Lipinski definition) is 1. The largest absolute Gasteiger partial charge is 0.323 e. The highest BCUT2D eigenvalue weighted by Gasteiger charge is 1.99. The number of anilines is 1. The van der Waals surface area contributed by atoms with E-state index in [1.807, 2.05) is 43.3 Å². The number of rotatable bonds is 4. The van der Waals surface area contributed by atoms with Gasteiger partial charge in [-0.2, -0.15) is 5.26 Å². The molecule has 0 atom stereocenters. The SMILES string of the molecule is Cc1ccccc1/C=C/C(=O)Nc1ccc(CC#N)cc1. The first-order valence-corrected chi connectivity index (χ1v) is 6.69. The van der Waals surface area contributed by atoms with Crippen molar-refractivity contribution in [3.05, 3.63) is 71.3 Å². The fraction of sp³-hybridized carbons (Fsp3) is 0.111. The van der Waals surface area contributed by atoms with Crippen molar-refractivity contribution in [3.8, 4) is 6.07 Å². The van der Waals surface area contributed by atoms with Crippen LogP contribution in [0.4, 0.5) is 5.69 Å². The number of carbonyl (C=O) groups is 1. The van der Waals surface area contributed by atoms with Gasteiger partial charge in [0.1, 0.15) is 0 Å². The van der Waals surface area contributed by atoms with Gasteiger partial charge < -0.3 is 5.32 Å². The van der Waals surface area contributed by atoms with E-state index in [4.69, 9.17) is 5.26 Å². The summed E-state index contributed by atoms with van der Waals surface area (Å²) in [6.45, 7) is 2.01. The number of hydrogen-bond acceptors (Lipinski definition) is 2. The highest BCUT2D eigenvalue weighted by atomic mass is 16.1. The second-order valence-corrected chi connectivity index (χ2v) is 4.71. The van der Waals surface area contributed by atoms with E-state index in [-0.39, 0.29) is 5.91 Å². The maximum Gasteiger partial charge on any atom is 0.248 e. The van der Waals surface area contributed by atoms with Gasteiger partial charge in [-0.15, -0.1) is 0 Å².